The lowest BCUT2D eigenvalue weighted by Crippen LogP contribution is -2.40. The molecular weight excluding hydrogens is 262 g/mol. The fraction of sp³-hybridized carbons (Fsp3) is 0.588. The van der Waals surface area contributed by atoms with Gasteiger partial charge in [0.2, 0.25) is 0 Å². The van der Waals surface area contributed by atoms with Crippen molar-refractivity contribution >= 4 is 5.96 Å². The summed E-state index contributed by atoms with van der Waals surface area (Å²) < 4.78 is 5.57. The summed E-state index contributed by atoms with van der Waals surface area (Å²) in [5.41, 5.74) is 2.56. The zero-order chi connectivity index (χ0) is 15.7. The second-order valence-electron chi connectivity index (χ2n) is 5.78. The van der Waals surface area contributed by atoms with Crippen LogP contribution in [0.25, 0.3) is 0 Å². The number of aliphatic imine (C=N–C) groups is 1. The van der Waals surface area contributed by atoms with Crippen LogP contribution in [-0.2, 0) is 11.3 Å². The predicted octanol–water partition coefficient (Wildman–Crippen LogP) is 2.67. The maximum absolute atomic E-state index is 5.57. The number of rotatable bonds is 7. The zero-order valence-electron chi connectivity index (χ0n) is 14.0. The number of hydrogen-bond donors (Lipinski definition) is 1. The van der Waals surface area contributed by atoms with Gasteiger partial charge in [-0.2, -0.15) is 0 Å². The van der Waals surface area contributed by atoms with Crippen LogP contribution >= 0.6 is 0 Å². The molecule has 0 bridgehead atoms. The molecule has 0 aromatic heterocycles. The highest BCUT2D eigenvalue weighted by molar-refractivity contribution is 5.79. The topological polar surface area (TPSA) is 36.9 Å². The Bertz CT molecular complexity index is 426. The molecule has 4 heteroatoms. The Labute approximate surface area is 129 Å². The van der Waals surface area contributed by atoms with Crippen LogP contribution in [0, 0.1) is 12.8 Å². The fourth-order valence-electron chi connectivity index (χ4n) is 1.98. The first kappa shape index (κ1) is 17.5. The van der Waals surface area contributed by atoms with Gasteiger partial charge in [-0.05, 0) is 18.4 Å². The van der Waals surface area contributed by atoms with E-state index in [9.17, 15) is 0 Å². The van der Waals surface area contributed by atoms with Gasteiger partial charge in [0.15, 0.2) is 5.96 Å². The van der Waals surface area contributed by atoms with E-state index in [1.807, 2.05) is 14.1 Å². The van der Waals surface area contributed by atoms with Crippen molar-refractivity contribution in [1.82, 2.24) is 10.2 Å². The summed E-state index contributed by atoms with van der Waals surface area (Å²) in [6.45, 7) is 9.54. The Balaban J connectivity index is 2.36. The molecule has 0 saturated carbocycles. The molecule has 0 unspecified atom stereocenters. The molecule has 0 aliphatic rings. The van der Waals surface area contributed by atoms with Crippen molar-refractivity contribution in [2.75, 3.05) is 33.9 Å². The molecule has 4 nitrogen and oxygen atoms in total. The third kappa shape index (κ3) is 7.14. The van der Waals surface area contributed by atoms with E-state index in [2.05, 4.69) is 60.2 Å². The summed E-state index contributed by atoms with van der Waals surface area (Å²) in [6.07, 6.45) is 0. The number of hydrogen-bond acceptors (Lipinski definition) is 2. The highest BCUT2D eigenvalue weighted by Crippen LogP contribution is 2.05. The van der Waals surface area contributed by atoms with Gasteiger partial charge in [-0.1, -0.05) is 43.7 Å². The number of aryl methyl sites for hydroxylation is 1. The maximum atomic E-state index is 5.57. The third-order valence-corrected chi connectivity index (χ3v) is 3.09. The lowest BCUT2D eigenvalue weighted by molar-refractivity contribution is 0.114. The average Bonchev–Trinajstić information content (AvgIpc) is 2.45. The number of guanidine groups is 1. The summed E-state index contributed by atoms with van der Waals surface area (Å²) in [6, 6.07) is 8.59. The largest absolute Gasteiger partial charge is 0.379 e. The first-order valence-corrected chi connectivity index (χ1v) is 7.58. The van der Waals surface area contributed by atoms with Crippen LogP contribution in [0.15, 0.2) is 29.3 Å². The average molecular weight is 291 g/mol. The lowest BCUT2D eigenvalue weighted by atomic mass is 10.1. The normalized spacial score (nSPS) is 11.8. The molecular formula is C17H29N3O. The second-order valence-corrected chi connectivity index (χ2v) is 5.78. The van der Waals surface area contributed by atoms with Crippen LogP contribution in [0.2, 0.25) is 0 Å². The first-order chi connectivity index (χ1) is 10.0. The lowest BCUT2D eigenvalue weighted by Gasteiger charge is -2.22. The molecule has 0 spiro atoms. The van der Waals surface area contributed by atoms with E-state index in [0.29, 0.717) is 12.5 Å². The first-order valence-electron chi connectivity index (χ1n) is 7.58. The van der Waals surface area contributed by atoms with Gasteiger partial charge >= 0.3 is 0 Å². The molecule has 21 heavy (non-hydrogen) atoms. The molecule has 0 radical (unpaired) electrons. The molecule has 0 amide bonds. The van der Waals surface area contributed by atoms with Gasteiger partial charge in [-0.3, -0.25) is 4.99 Å². The number of nitrogens with one attached hydrogen (secondary N) is 1. The minimum absolute atomic E-state index is 0.577. The Morgan fingerprint density at radius 1 is 1.29 bits per heavy atom. The van der Waals surface area contributed by atoms with Crippen LogP contribution in [-0.4, -0.2) is 44.7 Å². The SMILES string of the molecule is CN=C(NCCOCC(C)C)N(C)Cc1ccc(C)cc1. The van der Waals surface area contributed by atoms with E-state index >= 15 is 0 Å². The molecule has 0 atom stereocenters. The van der Waals surface area contributed by atoms with Gasteiger partial charge in [-0.15, -0.1) is 0 Å². The number of nitrogens with zero attached hydrogens (tertiary/aromatic N) is 2. The Kier molecular flexibility index (Phi) is 7.83. The molecule has 0 aliphatic carbocycles. The smallest absolute Gasteiger partial charge is 0.193 e. The van der Waals surface area contributed by atoms with Gasteiger partial charge in [0.1, 0.15) is 0 Å². The summed E-state index contributed by atoms with van der Waals surface area (Å²) in [4.78, 5) is 6.43. The summed E-state index contributed by atoms with van der Waals surface area (Å²) >= 11 is 0. The Morgan fingerprint density at radius 2 is 1.95 bits per heavy atom. The van der Waals surface area contributed by atoms with Crippen molar-refractivity contribution in [2.24, 2.45) is 10.9 Å². The quantitative estimate of drug-likeness (QED) is 0.477. The molecule has 1 aromatic rings. The van der Waals surface area contributed by atoms with Gasteiger partial charge < -0.3 is 15.0 Å². The van der Waals surface area contributed by atoms with Crippen LogP contribution in [0.5, 0.6) is 0 Å². The molecule has 1 N–H and O–H groups in total. The van der Waals surface area contributed by atoms with E-state index in [0.717, 1.165) is 25.7 Å². The minimum atomic E-state index is 0.577. The fourth-order valence-corrected chi connectivity index (χ4v) is 1.98. The number of ether oxygens (including phenoxy) is 1. The van der Waals surface area contributed by atoms with E-state index < -0.39 is 0 Å². The molecule has 1 rings (SSSR count). The van der Waals surface area contributed by atoms with Gasteiger partial charge in [0.25, 0.3) is 0 Å². The summed E-state index contributed by atoms with van der Waals surface area (Å²) in [5.74, 6) is 1.47. The van der Waals surface area contributed by atoms with Crippen LogP contribution in [0.1, 0.15) is 25.0 Å². The Morgan fingerprint density at radius 3 is 2.52 bits per heavy atom. The molecule has 0 heterocycles. The molecule has 118 valence electrons. The highest BCUT2D eigenvalue weighted by Gasteiger charge is 2.06. The minimum Gasteiger partial charge on any atom is -0.379 e. The molecule has 1 aromatic carbocycles. The van der Waals surface area contributed by atoms with Gasteiger partial charge in [0.05, 0.1) is 6.61 Å². The van der Waals surface area contributed by atoms with Gasteiger partial charge in [-0.25, -0.2) is 0 Å². The van der Waals surface area contributed by atoms with Crippen molar-refractivity contribution in [3.8, 4) is 0 Å². The van der Waals surface area contributed by atoms with Crippen molar-refractivity contribution in [2.45, 2.75) is 27.3 Å². The van der Waals surface area contributed by atoms with E-state index in [1.54, 1.807) is 0 Å². The van der Waals surface area contributed by atoms with Crippen LogP contribution in [0.4, 0.5) is 0 Å². The highest BCUT2D eigenvalue weighted by atomic mass is 16.5. The van der Waals surface area contributed by atoms with Gasteiger partial charge in [0, 0.05) is 33.8 Å². The van der Waals surface area contributed by atoms with E-state index in [-0.39, 0.29) is 0 Å². The maximum Gasteiger partial charge on any atom is 0.193 e. The number of benzene rings is 1. The second kappa shape index (κ2) is 9.40. The zero-order valence-corrected chi connectivity index (χ0v) is 14.0. The monoisotopic (exact) mass is 291 g/mol. The standard InChI is InChI=1S/C17H29N3O/c1-14(2)13-21-11-10-19-17(18-4)20(5)12-16-8-6-15(3)7-9-16/h6-9,14H,10-13H2,1-5H3,(H,18,19). The molecule has 0 aliphatic heterocycles. The van der Waals surface area contributed by atoms with Crippen molar-refractivity contribution in [3.63, 3.8) is 0 Å². The predicted molar refractivity (Wildman–Crippen MR) is 89.7 cm³/mol. The molecule has 0 fully saturated rings. The van der Waals surface area contributed by atoms with E-state index in [4.69, 9.17) is 4.74 Å². The van der Waals surface area contributed by atoms with Crippen LogP contribution < -0.4 is 5.32 Å². The van der Waals surface area contributed by atoms with Crippen molar-refractivity contribution in [3.05, 3.63) is 35.4 Å². The Hall–Kier alpha value is -1.55. The van der Waals surface area contributed by atoms with Crippen LogP contribution in [0.3, 0.4) is 0 Å². The summed E-state index contributed by atoms with van der Waals surface area (Å²) in [7, 11) is 3.85. The van der Waals surface area contributed by atoms with E-state index in [1.165, 1.54) is 11.1 Å². The van der Waals surface area contributed by atoms with Crippen molar-refractivity contribution < 1.29 is 4.74 Å². The molecule has 0 saturated heterocycles. The third-order valence-electron chi connectivity index (χ3n) is 3.09. The van der Waals surface area contributed by atoms with Crippen molar-refractivity contribution in [1.29, 1.82) is 0 Å². The summed E-state index contributed by atoms with van der Waals surface area (Å²) in [5, 5.41) is 3.33.